The van der Waals surface area contributed by atoms with Crippen molar-refractivity contribution < 1.29 is 0 Å². The third kappa shape index (κ3) is 1.89. The lowest BCUT2D eigenvalue weighted by Gasteiger charge is -2.18. The summed E-state index contributed by atoms with van der Waals surface area (Å²) in [6.45, 7) is 0. The lowest BCUT2D eigenvalue weighted by Crippen LogP contribution is -2.21. The van der Waals surface area contributed by atoms with Crippen molar-refractivity contribution in [2.24, 2.45) is 11.0 Å². The first-order chi connectivity index (χ1) is 7.31. The van der Waals surface area contributed by atoms with Crippen molar-refractivity contribution in [1.29, 1.82) is 5.26 Å². The molecule has 74 valence electrons. The first-order valence-corrected chi connectivity index (χ1v) is 4.76. The van der Waals surface area contributed by atoms with Crippen molar-refractivity contribution in [1.82, 2.24) is 5.01 Å². The van der Waals surface area contributed by atoms with Gasteiger partial charge < -0.3 is 0 Å². The minimum Gasteiger partial charge on any atom is -0.276 e. The number of hydrogen-bond donors (Lipinski definition) is 0. The molecule has 3 nitrogen and oxygen atoms in total. The topological polar surface area (TPSA) is 39.4 Å². The Kier molecular flexibility index (Phi) is 2.51. The van der Waals surface area contributed by atoms with Crippen LogP contribution in [0.3, 0.4) is 0 Å². The summed E-state index contributed by atoms with van der Waals surface area (Å²) in [4.78, 5) is 0. The van der Waals surface area contributed by atoms with E-state index in [2.05, 4.69) is 11.2 Å². The third-order valence-corrected chi connectivity index (χ3v) is 2.26. The number of nitriles is 1. The van der Waals surface area contributed by atoms with Gasteiger partial charge in [-0.05, 0) is 11.6 Å². The van der Waals surface area contributed by atoms with E-state index < -0.39 is 0 Å². The van der Waals surface area contributed by atoms with Crippen LogP contribution < -0.4 is 0 Å². The molecule has 1 aliphatic heterocycles. The Hall–Kier alpha value is -2.08. The lowest BCUT2D eigenvalue weighted by atomic mass is 9.97. The van der Waals surface area contributed by atoms with Crippen molar-refractivity contribution in [2.75, 3.05) is 7.05 Å². The molecule has 3 heteroatoms. The Bertz CT molecular complexity index is 440. The Morgan fingerprint density at radius 2 is 2.07 bits per heavy atom. The van der Waals surface area contributed by atoms with Crippen molar-refractivity contribution in [3.63, 3.8) is 0 Å². The van der Waals surface area contributed by atoms with Gasteiger partial charge in [0.25, 0.3) is 0 Å². The van der Waals surface area contributed by atoms with Gasteiger partial charge in [0.1, 0.15) is 5.92 Å². The molecule has 0 saturated heterocycles. The van der Waals surface area contributed by atoms with Gasteiger partial charge in [-0.25, -0.2) is 0 Å². The maximum atomic E-state index is 9.01. The molecule has 1 atom stereocenters. The number of hydrazone groups is 1. The van der Waals surface area contributed by atoms with E-state index in [9.17, 15) is 0 Å². The molecule has 2 rings (SSSR count). The molecule has 1 aromatic carbocycles. The molecule has 0 aliphatic carbocycles. The fourth-order valence-corrected chi connectivity index (χ4v) is 1.52. The van der Waals surface area contributed by atoms with Crippen LogP contribution in [0.15, 0.2) is 47.7 Å². The Labute approximate surface area is 88.9 Å². The highest BCUT2D eigenvalue weighted by Gasteiger charge is 2.18. The van der Waals surface area contributed by atoms with E-state index in [1.165, 1.54) is 0 Å². The average Bonchev–Trinajstić information content (AvgIpc) is 2.30. The second kappa shape index (κ2) is 3.97. The molecule has 0 spiro atoms. The van der Waals surface area contributed by atoms with E-state index in [0.29, 0.717) is 0 Å². The van der Waals surface area contributed by atoms with Gasteiger partial charge in [-0.1, -0.05) is 30.3 Å². The number of nitrogens with zero attached hydrogens (tertiary/aromatic N) is 3. The zero-order chi connectivity index (χ0) is 10.7. The van der Waals surface area contributed by atoms with Crippen LogP contribution in [-0.4, -0.2) is 17.8 Å². The number of rotatable bonds is 1. The summed E-state index contributed by atoms with van der Waals surface area (Å²) in [5.74, 6) is -0.247. The monoisotopic (exact) mass is 197 g/mol. The van der Waals surface area contributed by atoms with Crippen molar-refractivity contribution in [2.45, 2.75) is 0 Å². The van der Waals surface area contributed by atoms with Gasteiger partial charge in [-0.2, -0.15) is 10.4 Å². The van der Waals surface area contributed by atoms with Gasteiger partial charge in [0.15, 0.2) is 0 Å². The molecule has 0 bridgehead atoms. The van der Waals surface area contributed by atoms with E-state index in [0.717, 1.165) is 11.3 Å². The molecular formula is C12H11N3. The van der Waals surface area contributed by atoms with Crippen LogP contribution in [0.1, 0.15) is 5.56 Å². The zero-order valence-corrected chi connectivity index (χ0v) is 8.46. The van der Waals surface area contributed by atoms with Crippen LogP contribution in [-0.2, 0) is 0 Å². The fraction of sp³-hybridized carbons (Fsp3) is 0.167. The molecule has 0 radical (unpaired) electrons. The van der Waals surface area contributed by atoms with Crippen LogP contribution in [0, 0.1) is 17.2 Å². The van der Waals surface area contributed by atoms with Crippen LogP contribution in [0.25, 0.3) is 0 Å². The van der Waals surface area contributed by atoms with E-state index in [1.807, 2.05) is 43.5 Å². The molecule has 1 unspecified atom stereocenters. The molecule has 1 aromatic rings. The van der Waals surface area contributed by atoms with Gasteiger partial charge in [0.2, 0.25) is 0 Å². The van der Waals surface area contributed by atoms with Crippen LogP contribution in [0.2, 0.25) is 0 Å². The highest BCUT2D eigenvalue weighted by atomic mass is 15.4. The Morgan fingerprint density at radius 1 is 1.33 bits per heavy atom. The quantitative estimate of drug-likeness (QED) is 0.690. The summed E-state index contributed by atoms with van der Waals surface area (Å²) in [6, 6.07) is 12.0. The Morgan fingerprint density at radius 3 is 2.73 bits per heavy atom. The van der Waals surface area contributed by atoms with E-state index in [-0.39, 0.29) is 5.92 Å². The molecule has 15 heavy (non-hydrogen) atoms. The van der Waals surface area contributed by atoms with E-state index >= 15 is 0 Å². The molecular weight excluding hydrogens is 186 g/mol. The van der Waals surface area contributed by atoms with Crippen LogP contribution in [0.5, 0.6) is 0 Å². The zero-order valence-electron chi connectivity index (χ0n) is 8.46. The molecule has 1 heterocycles. The van der Waals surface area contributed by atoms with E-state index in [4.69, 9.17) is 5.26 Å². The summed E-state index contributed by atoms with van der Waals surface area (Å²) < 4.78 is 0. The maximum Gasteiger partial charge on any atom is 0.111 e. The summed E-state index contributed by atoms with van der Waals surface area (Å²) >= 11 is 0. The normalized spacial score (nSPS) is 19.6. The smallest absolute Gasteiger partial charge is 0.111 e. The largest absolute Gasteiger partial charge is 0.276 e. The number of allylic oxidation sites excluding steroid dienone is 1. The summed E-state index contributed by atoms with van der Waals surface area (Å²) in [6.07, 6.45) is 3.66. The second-order valence-corrected chi connectivity index (χ2v) is 3.37. The minimum atomic E-state index is -0.247. The van der Waals surface area contributed by atoms with Crippen molar-refractivity contribution >= 4 is 5.71 Å². The number of benzene rings is 1. The predicted octanol–water partition coefficient (Wildman–Crippen LogP) is 1.99. The highest BCUT2D eigenvalue weighted by Crippen LogP contribution is 2.15. The molecule has 0 N–H and O–H groups in total. The van der Waals surface area contributed by atoms with Crippen molar-refractivity contribution in [3.05, 3.63) is 48.2 Å². The van der Waals surface area contributed by atoms with E-state index in [1.54, 1.807) is 11.2 Å². The molecule has 1 aliphatic rings. The minimum absolute atomic E-state index is 0.247. The molecule has 0 saturated carbocycles. The average molecular weight is 197 g/mol. The van der Waals surface area contributed by atoms with Crippen LogP contribution in [0.4, 0.5) is 0 Å². The van der Waals surface area contributed by atoms with Gasteiger partial charge in [-0.3, -0.25) is 5.01 Å². The molecule has 0 fully saturated rings. The second-order valence-electron chi connectivity index (χ2n) is 3.37. The van der Waals surface area contributed by atoms with Gasteiger partial charge in [-0.15, -0.1) is 0 Å². The van der Waals surface area contributed by atoms with Gasteiger partial charge in [0.05, 0.1) is 11.8 Å². The molecule has 0 amide bonds. The number of hydrogen-bond acceptors (Lipinski definition) is 3. The first kappa shape index (κ1) is 9.47. The Balaban J connectivity index is 2.39. The lowest BCUT2D eigenvalue weighted by molar-refractivity contribution is 0.477. The van der Waals surface area contributed by atoms with Crippen LogP contribution >= 0.6 is 0 Å². The van der Waals surface area contributed by atoms with Gasteiger partial charge >= 0.3 is 0 Å². The standard InChI is InChI=1S/C12H11N3/c1-15-8-7-11(9-13)12(14-15)10-5-3-2-4-6-10/h2-8,11H,1H3. The summed E-state index contributed by atoms with van der Waals surface area (Å²) in [5.41, 5.74) is 1.81. The fourth-order valence-electron chi connectivity index (χ4n) is 1.52. The maximum absolute atomic E-state index is 9.01. The predicted molar refractivity (Wildman–Crippen MR) is 59.0 cm³/mol. The summed E-state index contributed by atoms with van der Waals surface area (Å²) in [5, 5.41) is 15.1. The third-order valence-electron chi connectivity index (χ3n) is 2.26. The van der Waals surface area contributed by atoms with Crippen molar-refractivity contribution in [3.8, 4) is 6.07 Å². The summed E-state index contributed by atoms with van der Waals surface area (Å²) in [7, 11) is 1.85. The van der Waals surface area contributed by atoms with Gasteiger partial charge in [0, 0.05) is 13.2 Å². The highest BCUT2D eigenvalue weighted by molar-refractivity contribution is 6.04. The molecule has 0 aromatic heterocycles. The SMILES string of the molecule is CN1C=CC(C#N)C(c2ccccc2)=N1. The first-order valence-electron chi connectivity index (χ1n) is 4.76.